The first-order valence-electron chi connectivity index (χ1n) is 7.15. The quantitative estimate of drug-likeness (QED) is 0.674. The van der Waals surface area contributed by atoms with Crippen molar-refractivity contribution >= 4 is 5.97 Å². The van der Waals surface area contributed by atoms with Crippen LogP contribution in [0.5, 0.6) is 0 Å². The summed E-state index contributed by atoms with van der Waals surface area (Å²) in [4.78, 5) is 11.4. The van der Waals surface area contributed by atoms with Crippen molar-refractivity contribution in [2.45, 2.75) is 66.2 Å². The lowest BCUT2D eigenvalue weighted by Crippen LogP contribution is -2.28. The number of hydrogen-bond donors (Lipinski definition) is 0. The van der Waals surface area contributed by atoms with Crippen LogP contribution in [0.4, 0.5) is 0 Å². The highest BCUT2D eigenvalue weighted by atomic mass is 16.5. The highest BCUT2D eigenvalue weighted by molar-refractivity contribution is 5.69. The van der Waals surface area contributed by atoms with Gasteiger partial charge in [0.1, 0.15) is 0 Å². The van der Waals surface area contributed by atoms with Crippen LogP contribution >= 0.6 is 0 Å². The molecule has 17 heavy (non-hydrogen) atoms. The van der Waals surface area contributed by atoms with Gasteiger partial charge in [0.05, 0.1) is 6.61 Å². The van der Waals surface area contributed by atoms with E-state index in [1.807, 2.05) is 6.92 Å². The number of carbonyl (C=O) groups excluding carboxylic acids is 1. The lowest BCUT2D eigenvalue weighted by atomic mass is 9.67. The minimum Gasteiger partial charge on any atom is -0.466 e. The second-order valence-electron chi connectivity index (χ2n) is 6.07. The molecule has 1 rings (SSSR count). The fourth-order valence-corrected chi connectivity index (χ4v) is 2.89. The predicted octanol–water partition coefficient (Wildman–Crippen LogP) is 4.18. The largest absolute Gasteiger partial charge is 0.466 e. The molecule has 1 aliphatic rings. The van der Waals surface area contributed by atoms with Crippen LogP contribution in [0.1, 0.15) is 66.2 Å². The van der Waals surface area contributed by atoms with Gasteiger partial charge >= 0.3 is 5.97 Å². The molecule has 0 amide bonds. The van der Waals surface area contributed by atoms with Crippen LogP contribution in [0.2, 0.25) is 0 Å². The summed E-state index contributed by atoms with van der Waals surface area (Å²) in [5, 5.41) is 0. The van der Waals surface area contributed by atoms with Gasteiger partial charge in [-0.25, -0.2) is 0 Å². The normalized spacial score (nSPS) is 25.6. The van der Waals surface area contributed by atoms with Crippen molar-refractivity contribution in [2.75, 3.05) is 6.61 Å². The molecule has 0 radical (unpaired) electrons. The van der Waals surface area contributed by atoms with Crippen LogP contribution in [0.3, 0.4) is 0 Å². The second-order valence-corrected chi connectivity index (χ2v) is 6.07. The van der Waals surface area contributed by atoms with E-state index < -0.39 is 0 Å². The van der Waals surface area contributed by atoms with Crippen molar-refractivity contribution < 1.29 is 9.53 Å². The van der Waals surface area contributed by atoms with Crippen LogP contribution in [0, 0.1) is 17.3 Å². The minimum atomic E-state index is -0.00861. The van der Waals surface area contributed by atoms with E-state index in [1.54, 1.807) is 0 Å². The number of hydrogen-bond acceptors (Lipinski definition) is 2. The van der Waals surface area contributed by atoms with E-state index in [4.69, 9.17) is 4.74 Å². The fourth-order valence-electron chi connectivity index (χ4n) is 2.89. The topological polar surface area (TPSA) is 26.3 Å². The van der Waals surface area contributed by atoms with Crippen LogP contribution in [0.15, 0.2) is 0 Å². The van der Waals surface area contributed by atoms with E-state index in [0.717, 1.165) is 5.92 Å². The molecule has 1 saturated carbocycles. The number of esters is 1. The zero-order chi connectivity index (χ0) is 12.9. The van der Waals surface area contributed by atoms with Gasteiger partial charge in [0.15, 0.2) is 0 Å². The van der Waals surface area contributed by atoms with Gasteiger partial charge in [-0.2, -0.15) is 0 Å². The van der Waals surface area contributed by atoms with Gasteiger partial charge in [0.2, 0.25) is 0 Å². The zero-order valence-corrected chi connectivity index (χ0v) is 11.9. The molecule has 0 aliphatic heterocycles. The minimum absolute atomic E-state index is 0.00861. The third kappa shape index (κ3) is 4.33. The Balaban J connectivity index is 2.33. The Morgan fingerprint density at radius 1 is 1.18 bits per heavy atom. The lowest BCUT2D eigenvalue weighted by molar-refractivity contribution is -0.144. The molecule has 0 atom stereocenters. The van der Waals surface area contributed by atoms with Crippen molar-refractivity contribution in [1.29, 1.82) is 0 Å². The van der Waals surface area contributed by atoms with E-state index >= 15 is 0 Å². The molecular weight excluding hydrogens is 212 g/mol. The molecular formula is C15H28O2. The first-order chi connectivity index (χ1) is 7.99. The average Bonchev–Trinajstić information content (AvgIpc) is 2.30. The van der Waals surface area contributed by atoms with E-state index in [2.05, 4.69) is 20.8 Å². The number of rotatable bonds is 5. The Bertz CT molecular complexity index is 237. The summed E-state index contributed by atoms with van der Waals surface area (Å²) in [6.07, 6.45) is 6.85. The van der Waals surface area contributed by atoms with E-state index in [9.17, 15) is 4.79 Å². The standard InChI is InChI=1S/C15H28O2/c1-5-15(3,4)13-9-7-12(8-10-13)11-14(16)17-6-2/h12-13H,5-11H2,1-4H3/t12-,13-. The molecule has 2 nitrogen and oxygen atoms in total. The number of carbonyl (C=O) groups is 1. The fraction of sp³-hybridized carbons (Fsp3) is 0.933. The van der Waals surface area contributed by atoms with Crippen molar-refractivity contribution in [3.05, 3.63) is 0 Å². The molecule has 0 heterocycles. The predicted molar refractivity (Wildman–Crippen MR) is 70.8 cm³/mol. The molecule has 2 heteroatoms. The van der Waals surface area contributed by atoms with E-state index in [0.29, 0.717) is 24.4 Å². The Hall–Kier alpha value is -0.530. The summed E-state index contributed by atoms with van der Waals surface area (Å²) in [5.41, 5.74) is 0.467. The first-order valence-corrected chi connectivity index (χ1v) is 7.15. The summed E-state index contributed by atoms with van der Waals surface area (Å²) < 4.78 is 5.02. The molecule has 0 unspecified atom stereocenters. The van der Waals surface area contributed by atoms with Gasteiger partial charge in [0, 0.05) is 6.42 Å². The summed E-state index contributed by atoms with van der Waals surface area (Å²) in [6, 6.07) is 0. The van der Waals surface area contributed by atoms with E-state index in [1.165, 1.54) is 32.1 Å². The Morgan fingerprint density at radius 3 is 2.24 bits per heavy atom. The molecule has 100 valence electrons. The average molecular weight is 240 g/mol. The highest BCUT2D eigenvalue weighted by Crippen LogP contribution is 2.42. The first kappa shape index (κ1) is 14.5. The number of ether oxygens (including phenoxy) is 1. The maximum atomic E-state index is 11.4. The van der Waals surface area contributed by atoms with Gasteiger partial charge < -0.3 is 4.74 Å². The maximum absolute atomic E-state index is 11.4. The Morgan fingerprint density at radius 2 is 1.76 bits per heavy atom. The SMILES string of the molecule is CCOC(=O)C[C@H]1CC[C@H](C(C)(C)CC)CC1. The molecule has 0 spiro atoms. The molecule has 0 N–H and O–H groups in total. The molecule has 1 aliphatic carbocycles. The van der Waals surface area contributed by atoms with Crippen LogP contribution in [-0.4, -0.2) is 12.6 Å². The summed E-state index contributed by atoms with van der Waals surface area (Å²) in [7, 11) is 0. The van der Waals surface area contributed by atoms with E-state index in [-0.39, 0.29) is 5.97 Å². The van der Waals surface area contributed by atoms with Gasteiger partial charge in [-0.3, -0.25) is 4.79 Å². The zero-order valence-electron chi connectivity index (χ0n) is 11.9. The second kappa shape index (κ2) is 6.42. The molecule has 0 saturated heterocycles. The van der Waals surface area contributed by atoms with Gasteiger partial charge in [-0.15, -0.1) is 0 Å². The van der Waals surface area contributed by atoms with Crippen molar-refractivity contribution in [1.82, 2.24) is 0 Å². The molecule has 0 aromatic carbocycles. The van der Waals surface area contributed by atoms with Crippen molar-refractivity contribution in [3.63, 3.8) is 0 Å². The third-order valence-electron chi connectivity index (χ3n) is 4.62. The Labute approximate surface area is 106 Å². The molecule has 0 aromatic heterocycles. The summed E-state index contributed by atoms with van der Waals surface area (Å²) in [6.45, 7) is 9.42. The molecule has 0 bridgehead atoms. The van der Waals surface area contributed by atoms with Crippen LogP contribution < -0.4 is 0 Å². The molecule has 1 fully saturated rings. The van der Waals surface area contributed by atoms with Crippen molar-refractivity contribution in [3.8, 4) is 0 Å². The van der Waals surface area contributed by atoms with Gasteiger partial charge in [-0.05, 0) is 49.9 Å². The smallest absolute Gasteiger partial charge is 0.306 e. The summed E-state index contributed by atoms with van der Waals surface area (Å²) >= 11 is 0. The van der Waals surface area contributed by atoms with Crippen LogP contribution in [0.25, 0.3) is 0 Å². The Kier molecular flexibility index (Phi) is 5.48. The maximum Gasteiger partial charge on any atom is 0.306 e. The highest BCUT2D eigenvalue weighted by Gasteiger charge is 2.32. The van der Waals surface area contributed by atoms with Gasteiger partial charge in [-0.1, -0.05) is 27.2 Å². The molecule has 0 aromatic rings. The third-order valence-corrected chi connectivity index (χ3v) is 4.62. The van der Waals surface area contributed by atoms with Crippen molar-refractivity contribution in [2.24, 2.45) is 17.3 Å². The monoisotopic (exact) mass is 240 g/mol. The summed E-state index contributed by atoms with van der Waals surface area (Å²) in [5.74, 6) is 1.40. The lowest BCUT2D eigenvalue weighted by Gasteiger charge is -2.38. The van der Waals surface area contributed by atoms with Crippen LogP contribution in [-0.2, 0) is 9.53 Å². The van der Waals surface area contributed by atoms with Gasteiger partial charge in [0.25, 0.3) is 0 Å².